The average Bonchev–Trinajstić information content (AvgIpc) is 2.63. The highest BCUT2D eigenvalue weighted by molar-refractivity contribution is 5.16. The van der Waals surface area contributed by atoms with Crippen molar-refractivity contribution in [3.63, 3.8) is 0 Å². The molecular weight excluding hydrogens is 251 g/mol. The van der Waals surface area contributed by atoms with Gasteiger partial charge in [0.25, 0.3) is 0 Å². The molecule has 1 fully saturated rings. The summed E-state index contributed by atoms with van der Waals surface area (Å²) >= 11 is 0. The van der Waals surface area contributed by atoms with Gasteiger partial charge >= 0.3 is 0 Å². The molecule has 1 aromatic carbocycles. The minimum atomic E-state index is -0.140. The fraction of sp³-hybridized carbons (Fsp3) is 0.647. The molecule has 2 atom stereocenters. The molecule has 0 saturated heterocycles. The molecule has 0 bridgehead atoms. The molecule has 0 aliphatic heterocycles. The van der Waals surface area contributed by atoms with Crippen LogP contribution in [0.5, 0.6) is 0 Å². The maximum atomic E-state index is 13.2. The number of nitrogens with one attached hydrogen (secondary N) is 1. The fourth-order valence-corrected chi connectivity index (χ4v) is 3.39. The van der Waals surface area contributed by atoms with E-state index in [1.54, 1.807) is 12.1 Å². The summed E-state index contributed by atoms with van der Waals surface area (Å²) in [5.74, 6) is 0.569. The van der Waals surface area contributed by atoms with Crippen molar-refractivity contribution in [1.29, 1.82) is 0 Å². The predicted molar refractivity (Wildman–Crippen MR) is 82.2 cm³/mol. The van der Waals surface area contributed by atoms with Gasteiger partial charge in [-0.2, -0.15) is 0 Å². The Labute approximate surface area is 122 Å². The largest absolute Gasteiger partial charge is 0.317 e. The van der Waals surface area contributed by atoms with Crippen molar-refractivity contribution >= 4 is 0 Å². The molecule has 2 unspecified atom stereocenters. The van der Waals surface area contributed by atoms with Crippen molar-refractivity contribution in [3.05, 3.63) is 35.6 Å². The summed E-state index contributed by atoms with van der Waals surface area (Å²) in [5, 5.41) is 3.49. The Morgan fingerprint density at radius 2 is 2.05 bits per heavy atom. The van der Waals surface area contributed by atoms with Crippen LogP contribution in [0, 0.1) is 11.7 Å². The van der Waals surface area contributed by atoms with Crippen molar-refractivity contribution in [2.75, 3.05) is 20.6 Å². The zero-order chi connectivity index (χ0) is 14.4. The number of hydrogen-bond donors (Lipinski definition) is 1. The van der Waals surface area contributed by atoms with Crippen molar-refractivity contribution < 1.29 is 4.39 Å². The Kier molecular flexibility index (Phi) is 5.99. The van der Waals surface area contributed by atoms with Crippen LogP contribution in [0.25, 0.3) is 0 Å². The molecular formula is C17H27FN2. The van der Waals surface area contributed by atoms with E-state index < -0.39 is 0 Å². The van der Waals surface area contributed by atoms with E-state index in [9.17, 15) is 4.39 Å². The summed E-state index contributed by atoms with van der Waals surface area (Å²) in [4.78, 5) is 2.33. The predicted octanol–water partition coefficient (Wildman–Crippen LogP) is 3.43. The van der Waals surface area contributed by atoms with E-state index in [4.69, 9.17) is 0 Å². The number of nitrogens with zero attached hydrogens (tertiary/aromatic N) is 1. The molecule has 0 amide bonds. The molecule has 0 spiro atoms. The number of rotatable bonds is 5. The molecule has 2 nitrogen and oxygen atoms in total. The maximum absolute atomic E-state index is 13.2. The van der Waals surface area contributed by atoms with Gasteiger partial charge in [0.15, 0.2) is 0 Å². The van der Waals surface area contributed by atoms with Gasteiger partial charge in [-0.3, -0.25) is 0 Å². The lowest BCUT2D eigenvalue weighted by Gasteiger charge is -2.29. The Balaban J connectivity index is 1.90. The fourth-order valence-electron chi connectivity index (χ4n) is 3.39. The van der Waals surface area contributed by atoms with Gasteiger partial charge in [-0.1, -0.05) is 31.4 Å². The first kappa shape index (κ1) is 15.5. The Morgan fingerprint density at radius 3 is 2.80 bits per heavy atom. The van der Waals surface area contributed by atoms with E-state index in [0.29, 0.717) is 12.0 Å². The second-order valence-corrected chi connectivity index (χ2v) is 6.12. The number of hydrogen-bond acceptors (Lipinski definition) is 2. The molecule has 1 aliphatic carbocycles. The topological polar surface area (TPSA) is 15.3 Å². The van der Waals surface area contributed by atoms with Crippen molar-refractivity contribution in [2.24, 2.45) is 5.92 Å². The van der Waals surface area contributed by atoms with Crippen LogP contribution < -0.4 is 5.32 Å². The van der Waals surface area contributed by atoms with E-state index in [0.717, 1.165) is 18.7 Å². The molecule has 112 valence electrons. The summed E-state index contributed by atoms with van der Waals surface area (Å²) in [6.45, 7) is 1.91. The third-order valence-corrected chi connectivity index (χ3v) is 4.42. The van der Waals surface area contributed by atoms with Crippen molar-refractivity contribution in [3.8, 4) is 0 Å². The first-order valence-electron chi connectivity index (χ1n) is 7.79. The summed E-state index contributed by atoms with van der Waals surface area (Å²) < 4.78 is 13.2. The molecule has 1 aromatic rings. The summed E-state index contributed by atoms with van der Waals surface area (Å²) in [6, 6.07) is 7.57. The Hall–Kier alpha value is -0.930. The van der Waals surface area contributed by atoms with Crippen LogP contribution in [0.15, 0.2) is 24.3 Å². The first-order chi connectivity index (χ1) is 9.69. The van der Waals surface area contributed by atoms with Gasteiger partial charge in [0.2, 0.25) is 0 Å². The van der Waals surface area contributed by atoms with Gasteiger partial charge in [-0.15, -0.1) is 0 Å². The smallest absolute Gasteiger partial charge is 0.123 e. The second kappa shape index (κ2) is 7.75. The molecule has 3 heteroatoms. The molecule has 1 aliphatic rings. The van der Waals surface area contributed by atoms with Crippen LogP contribution in [0.2, 0.25) is 0 Å². The number of halogens is 1. The lowest BCUT2D eigenvalue weighted by Crippen LogP contribution is -2.39. The molecule has 0 aromatic heterocycles. The third-order valence-electron chi connectivity index (χ3n) is 4.42. The van der Waals surface area contributed by atoms with Gasteiger partial charge in [0.05, 0.1) is 0 Å². The van der Waals surface area contributed by atoms with E-state index in [2.05, 4.69) is 24.3 Å². The first-order valence-corrected chi connectivity index (χ1v) is 7.79. The molecule has 2 rings (SSSR count). The Bertz CT molecular complexity index is 408. The van der Waals surface area contributed by atoms with E-state index >= 15 is 0 Å². The van der Waals surface area contributed by atoms with Gasteiger partial charge in [-0.05, 0) is 50.6 Å². The monoisotopic (exact) mass is 278 g/mol. The van der Waals surface area contributed by atoms with Gasteiger partial charge in [-0.25, -0.2) is 4.39 Å². The minimum Gasteiger partial charge on any atom is -0.317 e. The van der Waals surface area contributed by atoms with Crippen molar-refractivity contribution in [2.45, 2.75) is 44.7 Å². The molecule has 0 radical (unpaired) electrons. The van der Waals surface area contributed by atoms with Crippen LogP contribution in [-0.4, -0.2) is 31.6 Å². The molecule has 0 heterocycles. The lowest BCUT2D eigenvalue weighted by molar-refractivity contribution is 0.223. The number of benzene rings is 1. The highest BCUT2D eigenvalue weighted by atomic mass is 19.1. The third kappa shape index (κ3) is 4.57. The zero-order valence-corrected chi connectivity index (χ0v) is 12.7. The van der Waals surface area contributed by atoms with Gasteiger partial charge in [0, 0.05) is 19.1 Å². The average molecular weight is 278 g/mol. The normalized spacial score (nSPS) is 23.8. The molecule has 1 N–H and O–H groups in total. The van der Waals surface area contributed by atoms with Crippen molar-refractivity contribution in [1.82, 2.24) is 10.2 Å². The highest BCUT2D eigenvalue weighted by Gasteiger charge is 2.23. The lowest BCUT2D eigenvalue weighted by atomic mass is 9.94. The quantitative estimate of drug-likeness (QED) is 0.830. The van der Waals surface area contributed by atoms with Gasteiger partial charge in [0.1, 0.15) is 5.82 Å². The zero-order valence-electron chi connectivity index (χ0n) is 12.7. The van der Waals surface area contributed by atoms with Crippen LogP contribution >= 0.6 is 0 Å². The van der Waals surface area contributed by atoms with Gasteiger partial charge < -0.3 is 10.2 Å². The summed E-state index contributed by atoms with van der Waals surface area (Å²) in [6.07, 6.45) is 6.64. The summed E-state index contributed by atoms with van der Waals surface area (Å²) in [7, 11) is 4.22. The van der Waals surface area contributed by atoms with Crippen LogP contribution in [0.3, 0.4) is 0 Å². The molecule has 1 saturated carbocycles. The van der Waals surface area contributed by atoms with Crippen LogP contribution in [0.4, 0.5) is 4.39 Å². The molecule has 20 heavy (non-hydrogen) atoms. The summed E-state index contributed by atoms with van der Waals surface area (Å²) in [5.41, 5.74) is 1.06. The van der Waals surface area contributed by atoms with Crippen LogP contribution in [0.1, 0.15) is 37.7 Å². The second-order valence-electron chi connectivity index (χ2n) is 6.12. The Morgan fingerprint density at radius 1 is 1.25 bits per heavy atom. The van der Waals surface area contributed by atoms with E-state index in [-0.39, 0.29) is 5.82 Å². The maximum Gasteiger partial charge on any atom is 0.123 e. The van der Waals surface area contributed by atoms with E-state index in [1.165, 1.54) is 38.2 Å². The standard InChI is InChI=1S/C17H27FN2/c1-19-17-10-5-3-4-8-15(17)13-20(2)12-14-7-6-9-16(18)11-14/h6-7,9,11,15,17,19H,3-5,8,10,12-13H2,1-2H3. The highest BCUT2D eigenvalue weighted by Crippen LogP contribution is 2.24. The SMILES string of the molecule is CNC1CCCCCC1CN(C)Cc1cccc(F)c1. The van der Waals surface area contributed by atoms with Crippen LogP contribution in [-0.2, 0) is 6.54 Å². The minimum absolute atomic E-state index is 0.140. The van der Waals surface area contributed by atoms with E-state index in [1.807, 2.05) is 6.07 Å².